The summed E-state index contributed by atoms with van der Waals surface area (Å²) < 4.78 is 0. The molecule has 5 heteroatoms. The minimum atomic E-state index is 0.550. The Morgan fingerprint density at radius 1 is 0.833 bits per heavy atom. The van der Waals surface area contributed by atoms with E-state index in [0.717, 1.165) is 34.7 Å². The lowest BCUT2D eigenvalue weighted by molar-refractivity contribution is 0.847. The highest BCUT2D eigenvalue weighted by atomic mass is 32.2. The highest BCUT2D eigenvalue weighted by molar-refractivity contribution is 7.99. The van der Waals surface area contributed by atoms with Crippen molar-refractivity contribution in [2.24, 2.45) is 0 Å². The summed E-state index contributed by atoms with van der Waals surface area (Å²) in [6.45, 7) is 0. The van der Waals surface area contributed by atoms with Gasteiger partial charge in [-0.05, 0) is 6.42 Å². The van der Waals surface area contributed by atoms with E-state index >= 15 is 0 Å². The summed E-state index contributed by atoms with van der Waals surface area (Å²) >= 11 is 1.54. The van der Waals surface area contributed by atoms with Crippen LogP contribution in [0.25, 0.3) is 22.5 Å². The summed E-state index contributed by atoms with van der Waals surface area (Å²) in [6, 6.07) is 22.1. The van der Waals surface area contributed by atoms with E-state index in [-0.39, 0.29) is 0 Å². The molecular weight excluding hydrogens is 316 g/mol. The molecule has 0 bridgehead atoms. The van der Waals surface area contributed by atoms with Crippen molar-refractivity contribution in [3.63, 3.8) is 0 Å². The Kier molecular flexibility index (Phi) is 5.54. The molecule has 0 amide bonds. The molecule has 3 rings (SSSR count). The number of nitrogens with zero attached hydrogens (tertiary/aromatic N) is 4. The fourth-order valence-electron chi connectivity index (χ4n) is 2.27. The van der Waals surface area contributed by atoms with Crippen LogP contribution in [0.15, 0.2) is 65.8 Å². The molecule has 0 radical (unpaired) electrons. The summed E-state index contributed by atoms with van der Waals surface area (Å²) in [7, 11) is 0. The van der Waals surface area contributed by atoms with E-state index in [9.17, 15) is 0 Å². The van der Waals surface area contributed by atoms with Crippen LogP contribution in [0.5, 0.6) is 0 Å². The third-order valence-corrected chi connectivity index (χ3v) is 4.35. The molecule has 24 heavy (non-hydrogen) atoms. The fourth-order valence-corrected chi connectivity index (χ4v) is 3.00. The number of thioether (sulfide) groups is 1. The van der Waals surface area contributed by atoms with Crippen molar-refractivity contribution < 1.29 is 0 Å². The number of rotatable bonds is 6. The van der Waals surface area contributed by atoms with E-state index in [1.165, 1.54) is 11.8 Å². The van der Waals surface area contributed by atoms with Gasteiger partial charge >= 0.3 is 0 Å². The highest BCUT2D eigenvalue weighted by Gasteiger charge is 2.13. The Labute approximate surface area is 145 Å². The van der Waals surface area contributed by atoms with Crippen LogP contribution >= 0.6 is 11.8 Å². The van der Waals surface area contributed by atoms with Gasteiger partial charge in [-0.3, -0.25) is 0 Å². The molecular formula is C19H16N4S. The monoisotopic (exact) mass is 332 g/mol. The van der Waals surface area contributed by atoms with Crippen LogP contribution in [0.4, 0.5) is 0 Å². The van der Waals surface area contributed by atoms with Gasteiger partial charge in [-0.15, -0.1) is 10.2 Å². The number of hydrogen-bond acceptors (Lipinski definition) is 5. The van der Waals surface area contributed by atoms with Crippen LogP contribution in [-0.2, 0) is 0 Å². The molecule has 118 valence electrons. The molecule has 3 aromatic rings. The zero-order valence-electron chi connectivity index (χ0n) is 13.1. The fraction of sp³-hybridized carbons (Fsp3) is 0.158. The standard InChI is InChI=1S/C19H16N4S/c20-13-7-8-14-24-19-21-17(15-9-3-1-4-10-15)18(22-23-19)16-11-5-2-6-12-16/h1-6,9-12H,7-8,14H2. The van der Waals surface area contributed by atoms with Crippen LogP contribution in [0, 0.1) is 11.3 Å². The first-order valence-electron chi connectivity index (χ1n) is 7.74. The zero-order chi connectivity index (χ0) is 16.6. The molecule has 0 saturated carbocycles. The maximum Gasteiger partial charge on any atom is 0.209 e. The van der Waals surface area contributed by atoms with Crippen molar-refractivity contribution in [1.29, 1.82) is 5.26 Å². The van der Waals surface area contributed by atoms with Gasteiger partial charge in [0.1, 0.15) is 11.4 Å². The van der Waals surface area contributed by atoms with Gasteiger partial charge in [-0.2, -0.15) is 5.26 Å². The average molecular weight is 332 g/mol. The van der Waals surface area contributed by atoms with Gasteiger partial charge in [-0.1, -0.05) is 72.4 Å². The molecule has 0 spiro atoms. The van der Waals surface area contributed by atoms with Gasteiger partial charge in [0.25, 0.3) is 0 Å². The van der Waals surface area contributed by atoms with E-state index in [0.29, 0.717) is 11.6 Å². The molecule has 0 aliphatic carbocycles. The topological polar surface area (TPSA) is 62.5 Å². The molecule has 0 fully saturated rings. The third kappa shape index (κ3) is 3.98. The van der Waals surface area contributed by atoms with Gasteiger partial charge in [0, 0.05) is 23.3 Å². The molecule has 1 aromatic heterocycles. The van der Waals surface area contributed by atoms with Crippen LogP contribution in [0.3, 0.4) is 0 Å². The average Bonchev–Trinajstić information content (AvgIpc) is 2.66. The Hall–Kier alpha value is -2.71. The van der Waals surface area contributed by atoms with Crippen molar-refractivity contribution in [2.45, 2.75) is 18.0 Å². The van der Waals surface area contributed by atoms with Crippen molar-refractivity contribution in [3.05, 3.63) is 60.7 Å². The smallest absolute Gasteiger partial charge is 0.209 e. The zero-order valence-corrected chi connectivity index (χ0v) is 13.9. The predicted molar refractivity (Wildman–Crippen MR) is 96.3 cm³/mol. The Balaban J connectivity index is 1.96. The van der Waals surface area contributed by atoms with Gasteiger partial charge in [0.2, 0.25) is 5.16 Å². The van der Waals surface area contributed by atoms with Crippen molar-refractivity contribution in [2.75, 3.05) is 5.75 Å². The predicted octanol–water partition coefficient (Wildman–Crippen LogP) is 4.60. The number of benzene rings is 2. The lowest BCUT2D eigenvalue weighted by Gasteiger charge is -2.09. The summed E-state index contributed by atoms with van der Waals surface area (Å²) in [5, 5.41) is 17.9. The number of unbranched alkanes of at least 4 members (excludes halogenated alkanes) is 1. The van der Waals surface area contributed by atoms with Crippen LogP contribution in [-0.4, -0.2) is 20.9 Å². The van der Waals surface area contributed by atoms with Gasteiger partial charge in [-0.25, -0.2) is 4.98 Å². The molecule has 4 nitrogen and oxygen atoms in total. The summed E-state index contributed by atoms with van der Waals surface area (Å²) in [6.07, 6.45) is 1.37. The Morgan fingerprint density at radius 3 is 2.08 bits per heavy atom. The van der Waals surface area contributed by atoms with Crippen molar-refractivity contribution in [1.82, 2.24) is 15.2 Å². The van der Waals surface area contributed by atoms with Gasteiger partial charge in [0.15, 0.2) is 0 Å². The minimum Gasteiger partial charge on any atom is -0.219 e. The first-order chi connectivity index (χ1) is 11.9. The van der Waals surface area contributed by atoms with E-state index in [1.54, 1.807) is 0 Å². The van der Waals surface area contributed by atoms with Gasteiger partial charge in [0.05, 0.1) is 6.07 Å². The molecule has 0 aliphatic heterocycles. The second kappa shape index (κ2) is 8.23. The first-order valence-corrected chi connectivity index (χ1v) is 8.72. The van der Waals surface area contributed by atoms with Gasteiger partial charge < -0.3 is 0 Å². The number of hydrogen-bond donors (Lipinski definition) is 0. The molecule has 0 unspecified atom stereocenters. The number of nitriles is 1. The molecule has 0 saturated heterocycles. The Morgan fingerprint density at radius 2 is 1.46 bits per heavy atom. The van der Waals surface area contributed by atoms with E-state index < -0.39 is 0 Å². The lowest BCUT2D eigenvalue weighted by Crippen LogP contribution is -1.99. The second-order valence-electron chi connectivity index (χ2n) is 5.13. The molecule has 2 aromatic carbocycles. The first kappa shape index (κ1) is 16.2. The SMILES string of the molecule is N#CCCCSc1nnc(-c2ccccc2)c(-c2ccccc2)n1. The van der Waals surface area contributed by atoms with Crippen LogP contribution in [0.1, 0.15) is 12.8 Å². The van der Waals surface area contributed by atoms with E-state index in [1.807, 2.05) is 60.7 Å². The molecule has 0 aliphatic rings. The second-order valence-corrected chi connectivity index (χ2v) is 6.20. The number of aromatic nitrogens is 3. The normalized spacial score (nSPS) is 10.3. The highest BCUT2D eigenvalue weighted by Crippen LogP contribution is 2.29. The Bertz CT molecular complexity index is 829. The van der Waals surface area contributed by atoms with E-state index in [4.69, 9.17) is 10.2 Å². The maximum atomic E-state index is 8.62. The quantitative estimate of drug-likeness (QED) is 0.487. The minimum absolute atomic E-state index is 0.550. The largest absolute Gasteiger partial charge is 0.219 e. The summed E-state index contributed by atoms with van der Waals surface area (Å²) in [5.74, 6) is 0.814. The van der Waals surface area contributed by atoms with Crippen molar-refractivity contribution >= 4 is 11.8 Å². The van der Waals surface area contributed by atoms with Crippen molar-refractivity contribution in [3.8, 4) is 28.6 Å². The summed E-state index contributed by atoms with van der Waals surface area (Å²) in [4.78, 5) is 4.72. The maximum absolute atomic E-state index is 8.62. The summed E-state index contributed by atoms with van der Waals surface area (Å²) in [5.41, 5.74) is 3.63. The molecule has 0 N–H and O–H groups in total. The molecule has 1 heterocycles. The van der Waals surface area contributed by atoms with Crippen LogP contribution in [0.2, 0.25) is 0 Å². The molecule has 0 atom stereocenters. The lowest BCUT2D eigenvalue weighted by atomic mass is 10.0. The van der Waals surface area contributed by atoms with Crippen LogP contribution < -0.4 is 0 Å². The van der Waals surface area contributed by atoms with E-state index in [2.05, 4.69) is 16.3 Å². The third-order valence-electron chi connectivity index (χ3n) is 3.43.